The molecule has 0 atom stereocenters. The van der Waals surface area contributed by atoms with Gasteiger partial charge in [-0.15, -0.1) is 11.3 Å². The highest BCUT2D eigenvalue weighted by Gasteiger charge is 2.11. The van der Waals surface area contributed by atoms with Gasteiger partial charge in [0.25, 0.3) is 0 Å². The number of aromatic carboxylic acids is 1. The minimum atomic E-state index is -0.911. The van der Waals surface area contributed by atoms with Crippen LogP contribution in [0.3, 0.4) is 0 Å². The summed E-state index contributed by atoms with van der Waals surface area (Å²) in [5, 5.41) is 12.1. The summed E-state index contributed by atoms with van der Waals surface area (Å²) in [5.74, 6) is -0.911. The topological polar surface area (TPSA) is 55.1 Å². The lowest BCUT2D eigenvalue weighted by atomic mass is 10.4. The van der Waals surface area contributed by atoms with Crippen molar-refractivity contribution < 1.29 is 9.90 Å². The van der Waals surface area contributed by atoms with Gasteiger partial charge in [0.2, 0.25) is 0 Å². The molecule has 0 spiro atoms. The fraction of sp³-hybridized carbons (Fsp3) is 0.273. The third-order valence-electron chi connectivity index (χ3n) is 2.32. The maximum absolute atomic E-state index is 11.0. The molecule has 1 N–H and O–H groups in total. The SMILES string of the molecule is Cc1csc(CCn2cc(Br)cc2C(=O)O)n1. The van der Waals surface area contributed by atoms with Crippen LogP contribution in [0, 0.1) is 6.92 Å². The number of hydrogen-bond acceptors (Lipinski definition) is 3. The number of halogens is 1. The Balaban J connectivity index is 2.11. The summed E-state index contributed by atoms with van der Waals surface area (Å²) in [5.41, 5.74) is 1.31. The van der Waals surface area contributed by atoms with Gasteiger partial charge in [-0.25, -0.2) is 9.78 Å². The summed E-state index contributed by atoms with van der Waals surface area (Å²) < 4.78 is 2.51. The molecule has 2 aromatic rings. The number of hydrogen-bond donors (Lipinski definition) is 1. The summed E-state index contributed by atoms with van der Waals surface area (Å²) in [6.45, 7) is 2.58. The van der Waals surface area contributed by atoms with E-state index in [1.165, 1.54) is 0 Å². The van der Waals surface area contributed by atoms with Crippen molar-refractivity contribution in [1.82, 2.24) is 9.55 Å². The summed E-state index contributed by atoms with van der Waals surface area (Å²) >= 11 is 4.89. The minimum Gasteiger partial charge on any atom is -0.477 e. The van der Waals surface area contributed by atoms with Gasteiger partial charge >= 0.3 is 5.97 Å². The molecule has 0 aliphatic carbocycles. The highest BCUT2D eigenvalue weighted by atomic mass is 79.9. The first-order valence-corrected chi connectivity index (χ1v) is 6.73. The minimum absolute atomic E-state index is 0.296. The van der Waals surface area contributed by atoms with Gasteiger partial charge in [0.1, 0.15) is 5.69 Å². The van der Waals surface area contributed by atoms with Gasteiger partial charge in [0.15, 0.2) is 0 Å². The van der Waals surface area contributed by atoms with E-state index in [1.807, 2.05) is 12.3 Å². The monoisotopic (exact) mass is 314 g/mol. The van der Waals surface area contributed by atoms with Gasteiger partial charge in [-0.2, -0.15) is 0 Å². The zero-order valence-electron chi connectivity index (χ0n) is 9.18. The summed E-state index contributed by atoms with van der Waals surface area (Å²) in [4.78, 5) is 15.3. The van der Waals surface area contributed by atoms with Crippen LogP contribution >= 0.6 is 27.3 Å². The van der Waals surface area contributed by atoms with Crippen molar-refractivity contribution in [1.29, 1.82) is 0 Å². The van der Waals surface area contributed by atoms with E-state index in [0.717, 1.165) is 21.6 Å². The van der Waals surface area contributed by atoms with E-state index in [9.17, 15) is 4.79 Å². The third-order valence-corrected chi connectivity index (χ3v) is 3.78. The third kappa shape index (κ3) is 2.95. The lowest BCUT2D eigenvalue weighted by Gasteiger charge is -2.03. The lowest BCUT2D eigenvalue weighted by molar-refractivity contribution is 0.0685. The number of rotatable bonds is 4. The summed E-state index contributed by atoms with van der Waals surface area (Å²) in [7, 11) is 0. The molecule has 2 rings (SSSR count). The molecule has 0 aliphatic heterocycles. The fourth-order valence-electron chi connectivity index (χ4n) is 1.57. The molecule has 4 nitrogen and oxygen atoms in total. The van der Waals surface area contributed by atoms with E-state index >= 15 is 0 Å². The molecule has 0 aliphatic rings. The van der Waals surface area contributed by atoms with Crippen LogP contribution in [0.1, 0.15) is 21.2 Å². The highest BCUT2D eigenvalue weighted by Crippen LogP contribution is 2.17. The van der Waals surface area contributed by atoms with E-state index in [1.54, 1.807) is 28.2 Å². The van der Waals surface area contributed by atoms with Gasteiger partial charge in [0.05, 0.1) is 5.01 Å². The standard InChI is InChI=1S/C11H11BrN2O2S/c1-7-6-17-10(13-7)2-3-14-5-8(12)4-9(14)11(15)16/h4-6H,2-3H2,1H3,(H,15,16). The van der Waals surface area contributed by atoms with Crippen molar-refractivity contribution in [2.24, 2.45) is 0 Å². The Hall–Kier alpha value is -1.14. The van der Waals surface area contributed by atoms with E-state index < -0.39 is 5.97 Å². The number of thiazole rings is 1. The second kappa shape index (κ2) is 5.01. The van der Waals surface area contributed by atoms with Crippen LogP contribution in [0.25, 0.3) is 0 Å². The summed E-state index contributed by atoms with van der Waals surface area (Å²) in [6, 6.07) is 1.61. The smallest absolute Gasteiger partial charge is 0.352 e. The first-order valence-electron chi connectivity index (χ1n) is 5.06. The van der Waals surface area contributed by atoms with Crippen molar-refractivity contribution >= 4 is 33.2 Å². The van der Waals surface area contributed by atoms with Gasteiger partial charge in [-0.3, -0.25) is 0 Å². The number of aromatic nitrogens is 2. The number of carbonyl (C=O) groups is 1. The molecule has 0 saturated heterocycles. The zero-order valence-corrected chi connectivity index (χ0v) is 11.6. The van der Waals surface area contributed by atoms with E-state index in [0.29, 0.717) is 12.2 Å². The number of carboxylic acids is 1. The van der Waals surface area contributed by atoms with Crippen LogP contribution in [0.2, 0.25) is 0 Å². The molecular formula is C11H11BrN2O2S. The average Bonchev–Trinajstić information content (AvgIpc) is 2.82. The molecule has 2 aromatic heterocycles. The Morgan fingerprint density at radius 1 is 1.65 bits per heavy atom. The normalized spacial score (nSPS) is 10.7. The van der Waals surface area contributed by atoms with Crippen LogP contribution < -0.4 is 0 Å². The second-order valence-electron chi connectivity index (χ2n) is 3.67. The molecule has 0 fully saturated rings. The summed E-state index contributed by atoms with van der Waals surface area (Å²) in [6.07, 6.45) is 2.53. The first-order chi connectivity index (χ1) is 8.06. The molecular weight excluding hydrogens is 304 g/mol. The van der Waals surface area contributed by atoms with Crippen LogP contribution in [0.4, 0.5) is 0 Å². The predicted molar refractivity (Wildman–Crippen MR) is 69.6 cm³/mol. The molecule has 0 amide bonds. The van der Waals surface area contributed by atoms with Crippen LogP contribution in [-0.4, -0.2) is 20.6 Å². The molecule has 0 bridgehead atoms. The average molecular weight is 315 g/mol. The lowest BCUT2D eigenvalue weighted by Crippen LogP contribution is -2.09. The Morgan fingerprint density at radius 3 is 3.00 bits per heavy atom. The van der Waals surface area contributed by atoms with Crippen LogP contribution in [0.15, 0.2) is 22.1 Å². The predicted octanol–water partition coefficient (Wildman–Crippen LogP) is 2.96. The number of nitrogens with zero attached hydrogens (tertiary/aromatic N) is 2. The molecule has 0 saturated carbocycles. The van der Waals surface area contributed by atoms with E-state index in [-0.39, 0.29) is 0 Å². The quantitative estimate of drug-likeness (QED) is 0.944. The van der Waals surface area contributed by atoms with Gasteiger partial charge < -0.3 is 9.67 Å². The van der Waals surface area contributed by atoms with E-state index in [4.69, 9.17) is 5.11 Å². The Bertz CT molecular complexity index is 547. The van der Waals surface area contributed by atoms with Crippen molar-refractivity contribution in [2.75, 3.05) is 0 Å². The molecule has 0 unspecified atom stereocenters. The van der Waals surface area contributed by atoms with Crippen molar-refractivity contribution in [3.05, 3.63) is 38.5 Å². The van der Waals surface area contributed by atoms with Crippen molar-refractivity contribution in [2.45, 2.75) is 19.9 Å². The van der Waals surface area contributed by atoms with Crippen LogP contribution in [-0.2, 0) is 13.0 Å². The molecule has 90 valence electrons. The Labute approximate surface area is 111 Å². The van der Waals surface area contributed by atoms with Crippen molar-refractivity contribution in [3.63, 3.8) is 0 Å². The molecule has 6 heteroatoms. The van der Waals surface area contributed by atoms with Crippen LogP contribution in [0.5, 0.6) is 0 Å². The van der Waals surface area contributed by atoms with E-state index in [2.05, 4.69) is 20.9 Å². The molecule has 0 radical (unpaired) electrons. The Kier molecular flexibility index (Phi) is 3.63. The largest absolute Gasteiger partial charge is 0.477 e. The Morgan fingerprint density at radius 2 is 2.41 bits per heavy atom. The second-order valence-corrected chi connectivity index (χ2v) is 5.53. The van der Waals surface area contributed by atoms with Crippen molar-refractivity contribution in [3.8, 4) is 0 Å². The fourth-order valence-corrected chi connectivity index (χ4v) is 2.80. The highest BCUT2D eigenvalue weighted by molar-refractivity contribution is 9.10. The number of carboxylic acid groups (broad SMARTS) is 1. The molecule has 17 heavy (non-hydrogen) atoms. The van der Waals surface area contributed by atoms with Gasteiger partial charge in [-0.1, -0.05) is 0 Å². The van der Waals surface area contributed by atoms with Gasteiger partial charge in [0, 0.05) is 34.7 Å². The first kappa shape index (κ1) is 12.3. The number of aryl methyl sites for hydroxylation is 3. The molecule has 2 heterocycles. The zero-order chi connectivity index (χ0) is 12.4. The maximum atomic E-state index is 11.0. The van der Waals surface area contributed by atoms with Gasteiger partial charge in [-0.05, 0) is 28.9 Å². The maximum Gasteiger partial charge on any atom is 0.352 e. The molecule has 0 aromatic carbocycles.